The summed E-state index contributed by atoms with van der Waals surface area (Å²) in [6.45, 7) is 8.53. The van der Waals surface area contributed by atoms with Gasteiger partial charge in [-0.25, -0.2) is 9.59 Å². The molecule has 256 valence electrons. The predicted octanol–water partition coefficient (Wildman–Crippen LogP) is 4.53. The molecule has 3 aromatic carbocycles. The number of anilines is 1. The van der Waals surface area contributed by atoms with Crippen molar-refractivity contribution < 1.29 is 48.2 Å². The first-order chi connectivity index (χ1) is 23.0. The van der Waals surface area contributed by atoms with E-state index in [9.17, 15) is 19.8 Å². The molecule has 48 heavy (non-hydrogen) atoms. The van der Waals surface area contributed by atoms with Gasteiger partial charge in [-0.05, 0) is 69.4 Å². The number of esters is 1. The number of carbonyl (C=O) groups is 2. The van der Waals surface area contributed by atoms with E-state index in [0.29, 0.717) is 97.3 Å². The number of aromatic hydroxyl groups is 2. The van der Waals surface area contributed by atoms with Crippen LogP contribution in [0.4, 0.5) is 10.5 Å². The molecule has 0 atom stereocenters. The number of thiocarbonyl (C=S) groups is 1. The van der Waals surface area contributed by atoms with Crippen LogP contribution in [0.5, 0.6) is 23.0 Å². The minimum Gasteiger partial charge on any atom is -0.508 e. The first kappa shape index (κ1) is 34.7. The Labute approximate surface area is 283 Å². The van der Waals surface area contributed by atoms with Crippen LogP contribution in [-0.2, 0) is 29.3 Å². The number of fused-ring (bicyclic) bond motifs is 6. The monoisotopic (exact) mass is 681 g/mol. The Bertz CT molecular complexity index is 1610. The molecule has 0 radical (unpaired) electrons. The standard InChI is InChI=1S/C34H39N3O10S/c1-33(2,3)47-32(41)36-11-13-43-15-17-44-16-14-42-12-10-35-31(48)37-21-4-7-25-24(18-21)30(40)46-34(25)26-8-5-22(38)19-28(26)45-29-20-23(39)6-9-27(29)34/h4-9,18-20,38-39H,10-17H2,1-3H3,(H,36,41)(H2,35,37,48). The predicted molar refractivity (Wildman–Crippen MR) is 179 cm³/mol. The highest BCUT2D eigenvalue weighted by molar-refractivity contribution is 7.80. The maximum absolute atomic E-state index is 13.3. The van der Waals surface area contributed by atoms with Crippen molar-refractivity contribution >= 4 is 35.1 Å². The van der Waals surface area contributed by atoms with E-state index in [1.165, 1.54) is 24.3 Å². The second kappa shape index (κ2) is 15.1. The van der Waals surface area contributed by atoms with E-state index < -0.39 is 23.3 Å². The minimum absolute atomic E-state index is 0.0129. The molecule has 5 rings (SSSR count). The maximum Gasteiger partial charge on any atom is 0.407 e. The van der Waals surface area contributed by atoms with Gasteiger partial charge in [0.25, 0.3) is 0 Å². The molecule has 2 heterocycles. The van der Waals surface area contributed by atoms with Gasteiger partial charge in [-0.1, -0.05) is 6.07 Å². The molecule has 0 saturated heterocycles. The van der Waals surface area contributed by atoms with Crippen molar-refractivity contribution in [2.24, 2.45) is 0 Å². The zero-order valence-corrected chi connectivity index (χ0v) is 27.7. The lowest BCUT2D eigenvalue weighted by atomic mass is 9.77. The Morgan fingerprint density at radius 2 is 1.33 bits per heavy atom. The van der Waals surface area contributed by atoms with Gasteiger partial charge in [0.2, 0.25) is 0 Å². The van der Waals surface area contributed by atoms with E-state index in [1.807, 2.05) is 0 Å². The fourth-order valence-electron chi connectivity index (χ4n) is 5.28. The van der Waals surface area contributed by atoms with Gasteiger partial charge in [0.15, 0.2) is 10.7 Å². The first-order valence-electron chi connectivity index (χ1n) is 15.4. The summed E-state index contributed by atoms with van der Waals surface area (Å²) in [7, 11) is 0. The Kier molecular flexibility index (Phi) is 10.9. The largest absolute Gasteiger partial charge is 0.508 e. The second-order valence-electron chi connectivity index (χ2n) is 11.9. The smallest absolute Gasteiger partial charge is 0.407 e. The fraction of sp³-hybridized carbons (Fsp3) is 0.382. The second-order valence-corrected chi connectivity index (χ2v) is 12.3. The highest BCUT2D eigenvalue weighted by Crippen LogP contribution is 2.57. The first-order valence-corrected chi connectivity index (χ1v) is 15.8. The molecule has 0 aromatic heterocycles. The van der Waals surface area contributed by atoms with Crippen molar-refractivity contribution in [3.05, 3.63) is 76.9 Å². The molecule has 13 nitrogen and oxygen atoms in total. The molecule has 2 aliphatic heterocycles. The summed E-state index contributed by atoms with van der Waals surface area (Å²) in [5.74, 6) is 0.0587. The lowest BCUT2D eigenvalue weighted by Crippen LogP contribution is -2.34. The number of hydrogen-bond donors (Lipinski definition) is 5. The number of amides is 1. The number of rotatable bonds is 13. The van der Waals surface area contributed by atoms with Gasteiger partial charge < -0.3 is 54.6 Å². The van der Waals surface area contributed by atoms with Crippen LogP contribution in [-0.4, -0.2) is 85.7 Å². The SMILES string of the molecule is CC(C)(C)OC(=O)NCCOCCOCCOCCNC(=S)Nc1ccc2c(c1)C(=O)OC21c2ccc(O)cc2Oc2cc(O)ccc21. The Morgan fingerprint density at radius 3 is 1.92 bits per heavy atom. The maximum atomic E-state index is 13.3. The number of phenols is 2. The molecule has 14 heteroatoms. The van der Waals surface area contributed by atoms with E-state index in [-0.39, 0.29) is 11.5 Å². The molecule has 1 amide bonds. The van der Waals surface area contributed by atoms with Gasteiger partial charge >= 0.3 is 12.1 Å². The molecule has 2 aliphatic rings. The molecular weight excluding hydrogens is 642 g/mol. The van der Waals surface area contributed by atoms with E-state index in [4.69, 9.17) is 40.6 Å². The van der Waals surface area contributed by atoms with E-state index >= 15 is 0 Å². The van der Waals surface area contributed by atoms with Crippen molar-refractivity contribution in [1.29, 1.82) is 0 Å². The zero-order valence-electron chi connectivity index (χ0n) is 26.9. The summed E-state index contributed by atoms with van der Waals surface area (Å²) in [6.07, 6.45) is -0.477. The van der Waals surface area contributed by atoms with Crippen LogP contribution in [0.25, 0.3) is 0 Å². The number of carbonyl (C=O) groups excluding carboxylic acids is 2. The summed E-state index contributed by atoms with van der Waals surface area (Å²) in [5, 5.41) is 29.3. The van der Waals surface area contributed by atoms with Crippen molar-refractivity contribution in [2.45, 2.75) is 32.0 Å². The van der Waals surface area contributed by atoms with Crippen LogP contribution in [0.3, 0.4) is 0 Å². The van der Waals surface area contributed by atoms with Gasteiger partial charge in [-0.2, -0.15) is 0 Å². The third kappa shape index (κ3) is 8.26. The quantitative estimate of drug-likeness (QED) is 0.0972. The number of alkyl carbamates (subject to hydrolysis) is 1. The molecular formula is C34H39N3O10S. The van der Waals surface area contributed by atoms with Gasteiger partial charge in [0.05, 0.1) is 45.2 Å². The Hall–Kier alpha value is -4.63. The zero-order chi connectivity index (χ0) is 34.3. The number of benzene rings is 3. The molecule has 0 unspecified atom stereocenters. The number of phenolic OH excluding ortho intramolecular Hbond substituents is 2. The molecule has 3 aromatic rings. The van der Waals surface area contributed by atoms with Crippen LogP contribution < -0.4 is 20.7 Å². The molecule has 0 bridgehead atoms. The topological polar surface area (TPSA) is 166 Å². The third-order valence-electron chi connectivity index (χ3n) is 7.22. The van der Waals surface area contributed by atoms with Crippen LogP contribution in [0, 0.1) is 0 Å². The molecule has 0 saturated carbocycles. The number of nitrogens with one attached hydrogen (secondary N) is 3. The summed E-state index contributed by atoms with van der Waals surface area (Å²) >= 11 is 5.43. The third-order valence-corrected chi connectivity index (χ3v) is 7.47. The lowest BCUT2D eigenvalue weighted by molar-refractivity contribution is 0.0149. The van der Waals surface area contributed by atoms with Crippen LogP contribution in [0.15, 0.2) is 54.6 Å². The Morgan fingerprint density at radius 1 is 0.792 bits per heavy atom. The van der Waals surface area contributed by atoms with Gasteiger partial charge in [-0.15, -0.1) is 0 Å². The van der Waals surface area contributed by atoms with E-state index in [0.717, 1.165) is 0 Å². The van der Waals surface area contributed by atoms with Crippen LogP contribution in [0.2, 0.25) is 0 Å². The van der Waals surface area contributed by atoms with Crippen LogP contribution in [0.1, 0.15) is 47.8 Å². The molecule has 0 aliphatic carbocycles. The Balaban J connectivity index is 1.04. The van der Waals surface area contributed by atoms with Gasteiger partial charge in [0.1, 0.15) is 28.6 Å². The van der Waals surface area contributed by atoms with Gasteiger partial charge in [0, 0.05) is 47.6 Å². The molecule has 0 fully saturated rings. The summed E-state index contributed by atoms with van der Waals surface area (Å²) in [5.41, 5.74) is 0.747. The molecule has 1 spiro atoms. The van der Waals surface area contributed by atoms with Crippen molar-refractivity contribution in [3.63, 3.8) is 0 Å². The molecule has 5 N–H and O–H groups in total. The van der Waals surface area contributed by atoms with Crippen molar-refractivity contribution in [1.82, 2.24) is 10.6 Å². The number of ether oxygens (including phenoxy) is 6. The lowest BCUT2D eigenvalue weighted by Gasteiger charge is -2.36. The summed E-state index contributed by atoms with van der Waals surface area (Å²) in [6, 6.07) is 14.5. The van der Waals surface area contributed by atoms with Crippen molar-refractivity contribution in [2.75, 3.05) is 58.0 Å². The van der Waals surface area contributed by atoms with Gasteiger partial charge in [-0.3, -0.25) is 0 Å². The van der Waals surface area contributed by atoms with Crippen molar-refractivity contribution in [3.8, 4) is 23.0 Å². The summed E-state index contributed by atoms with van der Waals surface area (Å²) in [4.78, 5) is 24.9. The highest BCUT2D eigenvalue weighted by Gasteiger charge is 2.53. The highest BCUT2D eigenvalue weighted by atomic mass is 32.1. The normalized spacial score (nSPS) is 13.9. The summed E-state index contributed by atoms with van der Waals surface area (Å²) < 4.78 is 33.7. The van der Waals surface area contributed by atoms with Crippen LogP contribution >= 0.6 is 12.2 Å². The average Bonchev–Trinajstić information content (AvgIpc) is 3.29. The minimum atomic E-state index is -1.33. The fourth-order valence-corrected chi connectivity index (χ4v) is 5.50. The van der Waals surface area contributed by atoms with E-state index in [1.54, 1.807) is 51.1 Å². The number of hydrogen-bond acceptors (Lipinski definition) is 11. The van der Waals surface area contributed by atoms with E-state index in [2.05, 4.69) is 16.0 Å². The average molecular weight is 682 g/mol.